The minimum Gasteiger partial charge on any atom is -0.489 e. The molecule has 0 saturated heterocycles. The number of benzene rings is 1. The van der Waals surface area contributed by atoms with Crippen LogP contribution in [0, 0.1) is 22.7 Å². The number of ether oxygens (including phenoxy) is 1. The maximum atomic E-state index is 8.89. The molecule has 0 bridgehead atoms. The van der Waals surface area contributed by atoms with Crippen molar-refractivity contribution < 1.29 is 4.74 Å². The van der Waals surface area contributed by atoms with Crippen molar-refractivity contribution in [2.75, 3.05) is 0 Å². The van der Waals surface area contributed by atoms with Gasteiger partial charge in [0.15, 0.2) is 0 Å². The second kappa shape index (κ2) is 5.47. The first-order valence-electron chi connectivity index (χ1n) is 5.29. The summed E-state index contributed by atoms with van der Waals surface area (Å²) < 4.78 is 5.55. The van der Waals surface area contributed by atoms with Crippen LogP contribution >= 0.6 is 0 Å². The predicted molar refractivity (Wildman–Crippen MR) is 64.4 cm³/mol. The Morgan fingerprint density at radius 1 is 1.00 bits per heavy atom. The van der Waals surface area contributed by atoms with Gasteiger partial charge < -0.3 is 4.74 Å². The maximum absolute atomic E-state index is 8.89. The Labute approximate surface area is 105 Å². The Kier molecular flexibility index (Phi) is 3.53. The molecule has 0 spiro atoms. The summed E-state index contributed by atoms with van der Waals surface area (Å²) in [7, 11) is 0. The molecular formula is C14H9N3O. The fraction of sp³-hybridized carbons (Fsp3) is 0.0714. The van der Waals surface area contributed by atoms with E-state index in [-0.39, 0.29) is 0 Å². The highest BCUT2D eigenvalue weighted by Gasteiger charge is 2.03. The molecule has 86 valence electrons. The lowest BCUT2D eigenvalue weighted by atomic mass is 10.1. The normalized spacial score (nSPS) is 9.22. The van der Waals surface area contributed by atoms with Gasteiger partial charge in [-0.15, -0.1) is 0 Å². The lowest BCUT2D eigenvalue weighted by Gasteiger charge is -2.06. The number of hydrogen-bond donors (Lipinski definition) is 0. The highest BCUT2D eigenvalue weighted by molar-refractivity contribution is 5.49. The molecule has 0 radical (unpaired) electrons. The molecule has 1 aromatic heterocycles. The monoisotopic (exact) mass is 235 g/mol. The zero-order chi connectivity index (χ0) is 12.8. The molecule has 2 aromatic rings. The summed E-state index contributed by atoms with van der Waals surface area (Å²) in [6, 6.07) is 12.5. The molecule has 0 aliphatic heterocycles. The van der Waals surface area contributed by atoms with E-state index in [9.17, 15) is 0 Å². The fourth-order valence-corrected chi connectivity index (χ4v) is 1.45. The summed E-state index contributed by atoms with van der Waals surface area (Å²) >= 11 is 0. The molecule has 0 atom stereocenters. The Bertz CT molecular complexity index is 624. The number of aromatic nitrogens is 1. The van der Waals surface area contributed by atoms with E-state index in [1.54, 1.807) is 30.6 Å². The lowest BCUT2D eigenvalue weighted by molar-refractivity contribution is 0.306. The van der Waals surface area contributed by atoms with E-state index < -0.39 is 0 Å². The molecule has 0 aliphatic carbocycles. The van der Waals surface area contributed by atoms with Crippen LogP contribution in [0.4, 0.5) is 0 Å². The van der Waals surface area contributed by atoms with E-state index in [1.165, 1.54) is 0 Å². The van der Waals surface area contributed by atoms with Gasteiger partial charge in [0.25, 0.3) is 0 Å². The molecule has 1 aromatic carbocycles. The van der Waals surface area contributed by atoms with Crippen LogP contribution in [-0.4, -0.2) is 4.98 Å². The van der Waals surface area contributed by atoms with E-state index in [2.05, 4.69) is 4.98 Å². The molecule has 1 heterocycles. The van der Waals surface area contributed by atoms with Gasteiger partial charge in [0.1, 0.15) is 24.5 Å². The van der Waals surface area contributed by atoms with E-state index in [4.69, 9.17) is 15.3 Å². The third-order valence-corrected chi connectivity index (χ3v) is 2.39. The third kappa shape index (κ3) is 2.63. The van der Waals surface area contributed by atoms with E-state index in [0.717, 1.165) is 5.56 Å². The first kappa shape index (κ1) is 11.6. The molecule has 2 rings (SSSR count). The van der Waals surface area contributed by atoms with Crippen molar-refractivity contribution in [1.29, 1.82) is 10.5 Å². The van der Waals surface area contributed by atoms with Crippen molar-refractivity contribution in [3.05, 3.63) is 59.4 Å². The van der Waals surface area contributed by atoms with E-state index in [1.807, 2.05) is 24.3 Å². The predicted octanol–water partition coefficient (Wildman–Crippen LogP) is 2.40. The summed E-state index contributed by atoms with van der Waals surface area (Å²) in [5.74, 6) is 0.572. The fourth-order valence-electron chi connectivity index (χ4n) is 1.45. The summed E-state index contributed by atoms with van der Waals surface area (Å²) in [5, 5.41) is 17.7. The van der Waals surface area contributed by atoms with Crippen LogP contribution in [-0.2, 0) is 6.61 Å². The standard InChI is InChI=1S/C14H9N3O/c15-8-12-1-2-14(7-13(12)9-16)18-10-11-3-5-17-6-4-11/h1-7H,10H2. The Balaban J connectivity index is 2.12. The quantitative estimate of drug-likeness (QED) is 0.819. The smallest absolute Gasteiger partial charge is 0.121 e. The van der Waals surface area contributed by atoms with Crippen molar-refractivity contribution in [2.45, 2.75) is 6.61 Å². The molecule has 0 aliphatic rings. The maximum Gasteiger partial charge on any atom is 0.121 e. The first-order chi connectivity index (χ1) is 8.83. The number of nitrogens with zero attached hydrogens (tertiary/aromatic N) is 3. The average Bonchev–Trinajstić information content (AvgIpc) is 2.45. The molecule has 0 unspecified atom stereocenters. The number of pyridine rings is 1. The largest absolute Gasteiger partial charge is 0.489 e. The number of nitriles is 2. The van der Waals surface area contributed by atoms with E-state index >= 15 is 0 Å². The van der Waals surface area contributed by atoms with Gasteiger partial charge in [0, 0.05) is 12.4 Å². The second-order valence-electron chi connectivity index (χ2n) is 3.58. The van der Waals surface area contributed by atoms with Gasteiger partial charge in [-0.05, 0) is 35.9 Å². The van der Waals surface area contributed by atoms with Crippen molar-refractivity contribution in [3.8, 4) is 17.9 Å². The topological polar surface area (TPSA) is 69.7 Å². The van der Waals surface area contributed by atoms with Crippen LogP contribution in [0.2, 0.25) is 0 Å². The van der Waals surface area contributed by atoms with Crippen molar-refractivity contribution in [2.24, 2.45) is 0 Å². The Hall–Kier alpha value is -2.85. The molecule has 0 N–H and O–H groups in total. The summed E-state index contributed by atoms with van der Waals surface area (Å²) in [6.45, 7) is 0.402. The van der Waals surface area contributed by atoms with Crippen LogP contribution < -0.4 is 4.74 Å². The first-order valence-corrected chi connectivity index (χ1v) is 5.29. The molecule has 4 nitrogen and oxygen atoms in total. The molecule has 0 saturated carbocycles. The lowest BCUT2D eigenvalue weighted by Crippen LogP contribution is -1.96. The summed E-state index contributed by atoms with van der Waals surface area (Å²) in [6.07, 6.45) is 3.39. The van der Waals surface area contributed by atoms with Gasteiger partial charge in [-0.2, -0.15) is 10.5 Å². The van der Waals surface area contributed by atoms with Crippen molar-refractivity contribution in [3.63, 3.8) is 0 Å². The van der Waals surface area contributed by atoms with E-state index in [0.29, 0.717) is 23.5 Å². The third-order valence-electron chi connectivity index (χ3n) is 2.39. The Morgan fingerprint density at radius 3 is 2.39 bits per heavy atom. The highest BCUT2D eigenvalue weighted by atomic mass is 16.5. The van der Waals surface area contributed by atoms with Gasteiger partial charge in [-0.3, -0.25) is 4.98 Å². The summed E-state index contributed by atoms with van der Waals surface area (Å²) in [4.78, 5) is 3.92. The van der Waals surface area contributed by atoms with Gasteiger partial charge in [0.2, 0.25) is 0 Å². The van der Waals surface area contributed by atoms with Crippen LogP contribution in [0.3, 0.4) is 0 Å². The minimum absolute atomic E-state index is 0.324. The molecule has 4 heteroatoms. The van der Waals surface area contributed by atoms with Crippen LogP contribution in [0.25, 0.3) is 0 Å². The van der Waals surface area contributed by atoms with Gasteiger partial charge in [-0.1, -0.05) is 0 Å². The molecular weight excluding hydrogens is 226 g/mol. The number of rotatable bonds is 3. The van der Waals surface area contributed by atoms with Crippen LogP contribution in [0.15, 0.2) is 42.7 Å². The molecule has 0 amide bonds. The van der Waals surface area contributed by atoms with Crippen LogP contribution in [0.5, 0.6) is 5.75 Å². The average molecular weight is 235 g/mol. The number of hydrogen-bond acceptors (Lipinski definition) is 4. The SMILES string of the molecule is N#Cc1ccc(OCc2ccncc2)cc1C#N. The highest BCUT2D eigenvalue weighted by Crippen LogP contribution is 2.17. The van der Waals surface area contributed by atoms with Gasteiger partial charge in [0.05, 0.1) is 11.1 Å². The minimum atomic E-state index is 0.324. The van der Waals surface area contributed by atoms with Crippen molar-refractivity contribution in [1.82, 2.24) is 4.98 Å². The Morgan fingerprint density at radius 2 is 1.72 bits per heavy atom. The molecule has 0 fully saturated rings. The zero-order valence-corrected chi connectivity index (χ0v) is 9.50. The van der Waals surface area contributed by atoms with Gasteiger partial charge in [-0.25, -0.2) is 0 Å². The van der Waals surface area contributed by atoms with Crippen LogP contribution in [0.1, 0.15) is 16.7 Å². The van der Waals surface area contributed by atoms with Crippen molar-refractivity contribution >= 4 is 0 Å². The molecule has 18 heavy (non-hydrogen) atoms. The summed E-state index contributed by atoms with van der Waals surface area (Å²) in [5.41, 5.74) is 1.67. The van der Waals surface area contributed by atoms with Gasteiger partial charge >= 0.3 is 0 Å². The zero-order valence-electron chi connectivity index (χ0n) is 9.50. The second-order valence-corrected chi connectivity index (χ2v) is 3.58.